The normalized spacial score (nSPS) is 11.0. The number of aromatic nitrogens is 4. The van der Waals surface area contributed by atoms with Gasteiger partial charge in [-0.3, -0.25) is 13.8 Å². The Hall–Kier alpha value is -2.43. The van der Waals surface area contributed by atoms with Crippen molar-refractivity contribution in [2.75, 3.05) is 0 Å². The molecule has 0 N–H and O–H groups in total. The minimum absolute atomic E-state index is 0.163. The Morgan fingerprint density at radius 1 is 1.17 bits per heavy atom. The smallest absolute Gasteiger partial charge is 0.283 e. The number of hydrogen-bond acceptors (Lipinski definition) is 3. The minimum atomic E-state index is -0.163. The Morgan fingerprint density at radius 2 is 2.00 bits per heavy atom. The maximum atomic E-state index is 12.3. The first-order valence-electron chi connectivity index (χ1n) is 5.65. The second-order valence-electron chi connectivity index (χ2n) is 4.33. The quantitative estimate of drug-likeness (QED) is 0.647. The maximum absolute atomic E-state index is 12.3. The first kappa shape index (κ1) is 10.7. The van der Waals surface area contributed by atoms with Gasteiger partial charge in [0, 0.05) is 12.4 Å². The van der Waals surface area contributed by atoms with E-state index in [4.69, 9.17) is 0 Å². The lowest BCUT2D eigenvalue weighted by atomic mass is 10.1. The molecule has 0 saturated heterocycles. The van der Waals surface area contributed by atoms with E-state index < -0.39 is 0 Å². The van der Waals surface area contributed by atoms with Gasteiger partial charge in [-0.25, -0.2) is 0 Å². The van der Waals surface area contributed by atoms with Gasteiger partial charge >= 0.3 is 5.56 Å². The van der Waals surface area contributed by atoms with E-state index in [-0.39, 0.29) is 5.56 Å². The Bertz CT molecular complexity index is 785. The SMILES string of the molecule is Cc1ccc(C)c(-n2ccn3cnnc3c2=O)c1. The van der Waals surface area contributed by atoms with Crippen LogP contribution >= 0.6 is 0 Å². The molecule has 0 aliphatic heterocycles. The fraction of sp³-hybridized carbons (Fsp3) is 0.154. The van der Waals surface area contributed by atoms with Gasteiger partial charge in [0.25, 0.3) is 0 Å². The highest BCUT2D eigenvalue weighted by atomic mass is 16.1. The average Bonchev–Trinajstić information content (AvgIpc) is 2.82. The third kappa shape index (κ3) is 1.52. The summed E-state index contributed by atoms with van der Waals surface area (Å²) >= 11 is 0. The van der Waals surface area contributed by atoms with Crippen LogP contribution in [0.2, 0.25) is 0 Å². The summed E-state index contributed by atoms with van der Waals surface area (Å²) in [5.41, 5.74) is 3.21. The van der Waals surface area contributed by atoms with Crippen LogP contribution in [0.4, 0.5) is 0 Å². The van der Waals surface area contributed by atoms with Crippen molar-refractivity contribution >= 4 is 5.65 Å². The van der Waals surface area contributed by atoms with E-state index in [9.17, 15) is 4.79 Å². The largest absolute Gasteiger partial charge is 0.300 e. The molecule has 0 amide bonds. The van der Waals surface area contributed by atoms with Crippen molar-refractivity contribution in [3.63, 3.8) is 0 Å². The van der Waals surface area contributed by atoms with Gasteiger partial charge < -0.3 is 0 Å². The molecular weight excluding hydrogens is 228 g/mol. The molecule has 0 atom stereocenters. The molecule has 0 bridgehead atoms. The van der Waals surface area contributed by atoms with E-state index in [0.29, 0.717) is 5.65 Å². The molecule has 2 heterocycles. The van der Waals surface area contributed by atoms with Crippen molar-refractivity contribution in [1.82, 2.24) is 19.2 Å². The lowest BCUT2D eigenvalue weighted by Crippen LogP contribution is -2.20. The molecule has 5 heteroatoms. The van der Waals surface area contributed by atoms with E-state index >= 15 is 0 Å². The highest BCUT2D eigenvalue weighted by Gasteiger charge is 2.08. The topological polar surface area (TPSA) is 52.2 Å². The zero-order chi connectivity index (χ0) is 12.7. The van der Waals surface area contributed by atoms with Gasteiger partial charge in [-0.15, -0.1) is 10.2 Å². The highest BCUT2D eigenvalue weighted by molar-refractivity contribution is 5.46. The summed E-state index contributed by atoms with van der Waals surface area (Å²) in [4.78, 5) is 12.3. The number of fused-ring (bicyclic) bond motifs is 1. The molecule has 0 fully saturated rings. The van der Waals surface area contributed by atoms with Crippen LogP contribution in [0.3, 0.4) is 0 Å². The van der Waals surface area contributed by atoms with Crippen molar-refractivity contribution in [2.45, 2.75) is 13.8 Å². The molecule has 5 nitrogen and oxygen atoms in total. The van der Waals surface area contributed by atoms with Crippen LogP contribution in [0.1, 0.15) is 11.1 Å². The number of rotatable bonds is 1. The number of nitrogens with zero attached hydrogens (tertiary/aromatic N) is 4. The predicted molar refractivity (Wildman–Crippen MR) is 68.1 cm³/mol. The Labute approximate surface area is 103 Å². The molecule has 18 heavy (non-hydrogen) atoms. The standard InChI is InChI=1S/C13H12N4O/c1-9-3-4-10(2)11(7-9)17-6-5-16-8-14-15-12(16)13(17)18/h3-8H,1-2H3. The summed E-state index contributed by atoms with van der Waals surface area (Å²) in [6.45, 7) is 3.98. The second-order valence-corrected chi connectivity index (χ2v) is 4.33. The summed E-state index contributed by atoms with van der Waals surface area (Å²) < 4.78 is 3.22. The average molecular weight is 240 g/mol. The molecule has 3 rings (SSSR count). The Kier molecular flexibility index (Phi) is 2.26. The van der Waals surface area contributed by atoms with Crippen LogP contribution in [0.25, 0.3) is 11.3 Å². The van der Waals surface area contributed by atoms with E-state index in [0.717, 1.165) is 16.8 Å². The van der Waals surface area contributed by atoms with Crippen LogP contribution in [0.15, 0.2) is 41.7 Å². The van der Waals surface area contributed by atoms with Gasteiger partial charge in [0.2, 0.25) is 5.65 Å². The van der Waals surface area contributed by atoms with Crippen molar-refractivity contribution < 1.29 is 0 Å². The van der Waals surface area contributed by atoms with Crippen molar-refractivity contribution in [3.8, 4) is 5.69 Å². The predicted octanol–water partition coefficient (Wildman–Crippen LogP) is 1.50. The molecule has 0 saturated carbocycles. The van der Waals surface area contributed by atoms with E-state index in [1.54, 1.807) is 21.4 Å². The summed E-state index contributed by atoms with van der Waals surface area (Å²) in [7, 11) is 0. The van der Waals surface area contributed by atoms with E-state index in [1.165, 1.54) is 6.33 Å². The van der Waals surface area contributed by atoms with Crippen molar-refractivity contribution in [3.05, 3.63) is 58.4 Å². The third-order valence-electron chi connectivity index (χ3n) is 2.98. The van der Waals surface area contributed by atoms with Gasteiger partial charge in [-0.2, -0.15) is 0 Å². The van der Waals surface area contributed by atoms with Crippen LogP contribution < -0.4 is 5.56 Å². The van der Waals surface area contributed by atoms with E-state index in [2.05, 4.69) is 10.2 Å². The first-order valence-corrected chi connectivity index (χ1v) is 5.65. The highest BCUT2D eigenvalue weighted by Crippen LogP contribution is 2.14. The number of benzene rings is 1. The zero-order valence-corrected chi connectivity index (χ0v) is 10.2. The van der Waals surface area contributed by atoms with Gasteiger partial charge in [0.05, 0.1) is 5.69 Å². The maximum Gasteiger partial charge on any atom is 0.300 e. The second kappa shape index (κ2) is 3.80. The number of aryl methyl sites for hydroxylation is 2. The van der Waals surface area contributed by atoms with Crippen LogP contribution in [-0.4, -0.2) is 19.2 Å². The first-order chi connectivity index (χ1) is 8.66. The summed E-state index contributed by atoms with van der Waals surface area (Å²) in [6, 6.07) is 6.02. The van der Waals surface area contributed by atoms with Gasteiger partial charge in [0.15, 0.2) is 0 Å². The van der Waals surface area contributed by atoms with Gasteiger partial charge in [-0.1, -0.05) is 12.1 Å². The lowest BCUT2D eigenvalue weighted by Gasteiger charge is -2.09. The van der Waals surface area contributed by atoms with Crippen molar-refractivity contribution in [2.24, 2.45) is 0 Å². The zero-order valence-electron chi connectivity index (χ0n) is 10.2. The molecule has 3 aromatic rings. The molecule has 0 spiro atoms. The molecule has 90 valence electrons. The fourth-order valence-corrected chi connectivity index (χ4v) is 1.99. The van der Waals surface area contributed by atoms with Crippen LogP contribution in [-0.2, 0) is 0 Å². The molecule has 1 aromatic carbocycles. The summed E-state index contributed by atoms with van der Waals surface area (Å²) in [5, 5.41) is 7.57. The summed E-state index contributed by atoms with van der Waals surface area (Å²) in [5.74, 6) is 0. The fourth-order valence-electron chi connectivity index (χ4n) is 1.99. The molecule has 0 unspecified atom stereocenters. The molecular formula is C13H12N4O. The summed E-state index contributed by atoms with van der Waals surface area (Å²) in [6.07, 6.45) is 5.03. The monoisotopic (exact) mass is 240 g/mol. The Balaban J connectivity index is 2.34. The molecule has 0 radical (unpaired) electrons. The van der Waals surface area contributed by atoms with Gasteiger partial charge in [-0.05, 0) is 31.0 Å². The molecule has 0 aliphatic rings. The van der Waals surface area contributed by atoms with Crippen LogP contribution in [0.5, 0.6) is 0 Å². The minimum Gasteiger partial charge on any atom is -0.283 e. The van der Waals surface area contributed by atoms with Crippen molar-refractivity contribution in [1.29, 1.82) is 0 Å². The lowest BCUT2D eigenvalue weighted by molar-refractivity contribution is 0.939. The van der Waals surface area contributed by atoms with Gasteiger partial charge in [0.1, 0.15) is 6.33 Å². The number of hydrogen-bond donors (Lipinski definition) is 0. The van der Waals surface area contributed by atoms with E-state index in [1.807, 2.05) is 32.0 Å². The third-order valence-corrected chi connectivity index (χ3v) is 2.98. The molecule has 2 aromatic heterocycles. The van der Waals surface area contributed by atoms with Crippen LogP contribution in [0, 0.1) is 13.8 Å². The Morgan fingerprint density at radius 3 is 2.83 bits per heavy atom. The molecule has 0 aliphatic carbocycles.